The lowest BCUT2D eigenvalue weighted by Gasteiger charge is -2.22. The molecule has 0 aliphatic carbocycles. The molecule has 0 bridgehead atoms. The minimum Gasteiger partial charge on any atom is -0.381 e. The van der Waals surface area contributed by atoms with Crippen LogP contribution in [0.1, 0.15) is 26.2 Å². The molecule has 2 aliphatic heterocycles. The summed E-state index contributed by atoms with van der Waals surface area (Å²) < 4.78 is 5.42. The van der Waals surface area contributed by atoms with Gasteiger partial charge in [0.15, 0.2) is 5.96 Å². The minimum atomic E-state index is 0.352. The van der Waals surface area contributed by atoms with E-state index in [2.05, 4.69) is 27.4 Å². The van der Waals surface area contributed by atoms with E-state index in [0.29, 0.717) is 17.0 Å². The van der Waals surface area contributed by atoms with Crippen molar-refractivity contribution in [1.82, 2.24) is 15.6 Å². The Labute approximate surface area is 155 Å². The molecule has 2 N–H and O–H groups in total. The number of ether oxygens (including phenoxy) is 1. The molecule has 6 nitrogen and oxygen atoms in total. The average molecular weight is 366 g/mol. The van der Waals surface area contributed by atoms with Crippen LogP contribution in [0.2, 0.25) is 5.02 Å². The molecule has 0 amide bonds. The maximum Gasteiger partial charge on any atom is 0.191 e. The molecule has 1 unspecified atom stereocenters. The third kappa shape index (κ3) is 5.22. The van der Waals surface area contributed by atoms with E-state index in [1.165, 1.54) is 0 Å². The van der Waals surface area contributed by atoms with Gasteiger partial charge in [-0.3, -0.25) is 4.99 Å². The maximum absolute atomic E-state index is 6.27. The monoisotopic (exact) mass is 365 g/mol. The molecule has 0 spiro atoms. The van der Waals surface area contributed by atoms with Gasteiger partial charge in [0.05, 0.1) is 5.02 Å². The number of hydrogen-bond donors (Lipinski definition) is 2. The van der Waals surface area contributed by atoms with Crippen LogP contribution in [0.4, 0.5) is 5.82 Å². The van der Waals surface area contributed by atoms with Crippen molar-refractivity contribution < 1.29 is 4.74 Å². The highest BCUT2D eigenvalue weighted by atomic mass is 35.5. The first-order chi connectivity index (χ1) is 12.3. The van der Waals surface area contributed by atoms with Crippen LogP contribution in [0.5, 0.6) is 0 Å². The summed E-state index contributed by atoms with van der Waals surface area (Å²) in [5.41, 5.74) is 0. The van der Waals surface area contributed by atoms with E-state index < -0.39 is 0 Å². The SMILES string of the molecule is CCNC(=NCC1CCOCC1)NC1CCN(c2ncccc2Cl)C1. The van der Waals surface area contributed by atoms with Crippen LogP contribution in [0.25, 0.3) is 0 Å². The van der Waals surface area contributed by atoms with Gasteiger partial charge < -0.3 is 20.3 Å². The molecule has 25 heavy (non-hydrogen) atoms. The number of rotatable bonds is 5. The molecule has 7 heteroatoms. The van der Waals surface area contributed by atoms with Crippen LogP contribution in [0.15, 0.2) is 23.3 Å². The van der Waals surface area contributed by atoms with E-state index in [9.17, 15) is 0 Å². The lowest BCUT2D eigenvalue weighted by Crippen LogP contribution is -2.45. The van der Waals surface area contributed by atoms with Gasteiger partial charge in [0, 0.05) is 51.6 Å². The zero-order chi connectivity index (χ0) is 17.5. The summed E-state index contributed by atoms with van der Waals surface area (Å²) in [6.45, 7) is 7.40. The summed E-state index contributed by atoms with van der Waals surface area (Å²) in [7, 11) is 0. The zero-order valence-corrected chi connectivity index (χ0v) is 15.6. The van der Waals surface area contributed by atoms with Crippen molar-refractivity contribution in [3.8, 4) is 0 Å². The molecular formula is C18H28ClN5O. The normalized spacial score (nSPS) is 22.2. The summed E-state index contributed by atoms with van der Waals surface area (Å²) in [6.07, 6.45) is 5.06. The Morgan fingerprint density at radius 1 is 1.40 bits per heavy atom. The number of nitrogens with zero attached hydrogens (tertiary/aromatic N) is 3. The highest BCUT2D eigenvalue weighted by Gasteiger charge is 2.25. The van der Waals surface area contributed by atoms with Crippen LogP contribution in [-0.2, 0) is 4.74 Å². The molecule has 2 saturated heterocycles. The van der Waals surface area contributed by atoms with Crippen LogP contribution >= 0.6 is 11.6 Å². The van der Waals surface area contributed by atoms with Crippen LogP contribution in [0, 0.1) is 5.92 Å². The third-order valence-corrected chi connectivity index (χ3v) is 5.06. The largest absolute Gasteiger partial charge is 0.381 e. The molecule has 138 valence electrons. The molecule has 1 aromatic heterocycles. The Morgan fingerprint density at radius 2 is 2.24 bits per heavy atom. The summed E-state index contributed by atoms with van der Waals surface area (Å²) >= 11 is 6.27. The van der Waals surface area contributed by atoms with Gasteiger partial charge in [-0.1, -0.05) is 11.6 Å². The topological polar surface area (TPSA) is 61.8 Å². The van der Waals surface area contributed by atoms with E-state index >= 15 is 0 Å². The fourth-order valence-corrected chi connectivity index (χ4v) is 3.58. The van der Waals surface area contributed by atoms with Gasteiger partial charge in [-0.2, -0.15) is 0 Å². The number of halogens is 1. The van der Waals surface area contributed by atoms with Gasteiger partial charge in [-0.05, 0) is 44.2 Å². The average Bonchev–Trinajstić information content (AvgIpc) is 3.09. The number of aromatic nitrogens is 1. The smallest absolute Gasteiger partial charge is 0.191 e. The van der Waals surface area contributed by atoms with Crippen molar-refractivity contribution in [3.05, 3.63) is 23.4 Å². The zero-order valence-electron chi connectivity index (χ0n) is 14.9. The second kappa shape index (κ2) is 9.25. The third-order valence-electron chi connectivity index (χ3n) is 4.76. The van der Waals surface area contributed by atoms with Crippen LogP contribution in [-0.4, -0.2) is 56.4 Å². The number of pyridine rings is 1. The molecule has 1 aromatic rings. The molecule has 2 aliphatic rings. The van der Waals surface area contributed by atoms with E-state index in [1.807, 2.05) is 12.1 Å². The van der Waals surface area contributed by atoms with Crippen molar-refractivity contribution in [1.29, 1.82) is 0 Å². The van der Waals surface area contributed by atoms with Gasteiger partial charge in [-0.25, -0.2) is 4.98 Å². The predicted octanol–water partition coefficient (Wildman–Crippen LogP) is 2.30. The fraction of sp³-hybridized carbons (Fsp3) is 0.667. The van der Waals surface area contributed by atoms with Crippen molar-refractivity contribution >= 4 is 23.4 Å². The van der Waals surface area contributed by atoms with Gasteiger partial charge in [0.1, 0.15) is 5.82 Å². The molecule has 3 rings (SSSR count). The quantitative estimate of drug-likeness (QED) is 0.619. The standard InChI is InChI=1S/C18H28ClN5O/c1-2-20-18(22-12-14-6-10-25-11-7-14)23-15-5-9-24(13-15)17-16(19)4-3-8-21-17/h3-4,8,14-15H,2,5-7,9-13H2,1H3,(H2,20,22,23). The number of anilines is 1. The van der Waals surface area contributed by atoms with Gasteiger partial charge in [0.2, 0.25) is 0 Å². The Hall–Kier alpha value is -1.53. The van der Waals surface area contributed by atoms with E-state index in [4.69, 9.17) is 21.3 Å². The number of aliphatic imine (C=N–C) groups is 1. The van der Waals surface area contributed by atoms with Gasteiger partial charge in [-0.15, -0.1) is 0 Å². The second-order valence-electron chi connectivity index (χ2n) is 6.66. The Morgan fingerprint density at radius 3 is 3.00 bits per heavy atom. The van der Waals surface area contributed by atoms with Crippen LogP contribution < -0.4 is 15.5 Å². The molecule has 0 aromatic carbocycles. The first-order valence-corrected chi connectivity index (χ1v) is 9.62. The molecule has 0 saturated carbocycles. The summed E-state index contributed by atoms with van der Waals surface area (Å²) in [6, 6.07) is 4.11. The highest BCUT2D eigenvalue weighted by molar-refractivity contribution is 6.32. The Kier molecular flexibility index (Phi) is 6.76. The molecule has 1 atom stereocenters. The van der Waals surface area contributed by atoms with E-state index in [1.54, 1.807) is 6.20 Å². The molecule has 3 heterocycles. The maximum atomic E-state index is 6.27. The van der Waals surface area contributed by atoms with E-state index in [-0.39, 0.29) is 0 Å². The summed E-state index contributed by atoms with van der Waals surface area (Å²) in [5.74, 6) is 2.42. The van der Waals surface area contributed by atoms with Crippen LogP contribution in [0.3, 0.4) is 0 Å². The van der Waals surface area contributed by atoms with Crippen molar-refractivity contribution in [2.75, 3.05) is 44.3 Å². The lowest BCUT2D eigenvalue weighted by molar-refractivity contribution is 0.0689. The molecular weight excluding hydrogens is 338 g/mol. The van der Waals surface area contributed by atoms with E-state index in [0.717, 1.165) is 70.4 Å². The van der Waals surface area contributed by atoms with Crippen molar-refractivity contribution in [2.45, 2.75) is 32.2 Å². The molecule has 0 radical (unpaired) electrons. The second-order valence-corrected chi connectivity index (χ2v) is 7.07. The molecule has 2 fully saturated rings. The first-order valence-electron chi connectivity index (χ1n) is 9.24. The van der Waals surface area contributed by atoms with Crippen molar-refractivity contribution in [3.63, 3.8) is 0 Å². The van der Waals surface area contributed by atoms with Crippen molar-refractivity contribution in [2.24, 2.45) is 10.9 Å². The fourth-order valence-electron chi connectivity index (χ4n) is 3.34. The number of nitrogens with one attached hydrogen (secondary N) is 2. The Bertz CT molecular complexity index is 576. The van der Waals surface area contributed by atoms with Gasteiger partial charge in [0.25, 0.3) is 0 Å². The Balaban J connectivity index is 1.54. The van der Waals surface area contributed by atoms with Gasteiger partial charge >= 0.3 is 0 Å². The highest BCUT2D eigenvalue weighted by Crippen LogP contribution is 2.25. The summed E-state index contributed by atoms with van der Waals surface area (Å²) in [4.78, 5) is 11.4. The summed E-state index contributed by atoms with van der Waals surface area (Å²) in [5, 5.41) is 7.64. The number of guanidine groups is 1. The predicted molar refractivity (Wildman–Crippen MR) is 103 cm³/mol. The minimum absolute atomic E-state index is 0.352. The lowest BCUT2D eigenvalue weighted by atomic mass is 10.0. The number of hydrogen-bond acceptors (Lipinski definition) is 4. The first kappa shape index (κ1) is 18.3.